The Morgan fingerprint density at radius 2 is 2.33 bits per heavy atom. The minimum atomic E-state index is -4.40. The third kappa shape index (κ3) is 3.46. The lowest BCUT2D eigenvalue weighted by Gasteiger charge is -2.28. The number of hydrogen-bond donors (Lipinski definition) is 1. The predicted molar refractivity (Wildman–Crippen MR) is 39.9 cm³/mol. The second kappa shape index (κ2) is 3.67. The molecule has 0 amide bonds. The second-order valence-electron chi connectivity index (χ2n) is 2.59. The summed E-state index contributed by atoms with van der Waals surface area (Å²) < 4.78 is 37.9. The normalized spacial score (nSPS) is 27.3. The first-order valence-corrected chi connectivity index (χ1v) is 4.80. The molecule has 0 radical (unpaired) electrons. The standard InChI is InChI=1S/C5H11NO5S/c1-6-2-3-10-5(4-6)11-12(7,8)9/h5H,2-4H2,1H3,(H,7,8,9). The third-order valence-corrected chi connectivity index (χ3v) is 1.92. The summed E-state index contributed by atoms with van der Waals surface area (Å²) in [5.74, 6) is 0. The molecule has 1 N–H and O–H groups in total. The van der Waals surface area contributed by atoms with Gasteiger partial charge in [0.05, 0.1) is 13.2 Å². The third-order valence-electron chi connectivity index (χ3n) is 1.47. The molecule has 1 atom stereocenters. The minimum Gasteiger partial charge on any atom is -0.349 e. The fourth-order valence-corrected chi connectivity index (χ4v) is 1.32. The zero-order valence-corrected chi connectivity index (χ0v) is 7.45. The Kier molecular flexibility index (Phi) is 3.02. The lowest BCUT2D eigenvalue weighted by atomic mass is 10.4. The molecule has 0 bridgehead atoms. The first kappa shape index (κ1) is 9.87. The highest BCUT2D eigenvalue weighted by Gasteiger charge is 2.22. The van der Waals surface area contributed by atoms with Gasteiger partial charge in [0, 0.05) is 6.54 Å². The molecule has 1 rings (SSSR count). The molecular weight excluding hydrogens is 186 g/mol. The Labute approximate surface area is 71.0 Å². The quantitative estimate of drug-likeness (QED) is 0.578. The molecular formula is C5H11NO5S. The average molecular weight is 197 g/mol. The zero-order valence-electron chi connectivity index (χ0n) is 6.63. The number of hydrogen-bond acceptors (Lipinski definition) is 5. The van der Waals surface area contributed by atoms with Crippen molar-refractivity contribution in [3.63, 3.8) is 0 Å². The van der Waals surface area contributed by atoms with E-state index in [4.69, 9.17) is 9.29 Å². The predicted octanol–water partition coefficient (Wildman–Crippen LogP) is -0.906. The Bertz CT molecular complexity index is 238. The maximum absolute atomic E-state index is 10.2. The minimum absolute atomic E-state index is 0.333. The molecule has 1 aliphatic rings. The molecule has 12 heavy (non-hydrogen) atoms. The summed E-state index contributed by atoms with van der Waals surface area (Å²) in [6, 6.07) is 0. The highest BCUT2D eigenvalue weighted by atomic mass is 32.3. The summed E-state index contributed by atoms with van der Waals surface area (Å²) in [6.45, 7) is 1.46. The van der Waals surface area contributed by atoms with Gasteiger partial charge in [0.15, 0.2) is 6.29 Å². The van der Waals surface area contributed by atoms with Crippen LogP contribution in [-0.2, 0) is 19.3 Å². The summed E-state index contributed by atoms with van der Waals surface area (Å²) >= 11 is 0. The van der Waals surface area contributed by atoms with Gasteiger partial charge >= 0.3 is 10.4 Å². The van der Waals surface area contributed by atoms with E-state index in [1.54, 1.807) is 0 Å². The highest BCUT2D eigenvalue weighted by molar-refractivity contribution is 7.80. The van der Waals surface area contributed by atoms with E-state index < -0.39 is 16.7 Å². The summed E-state index contributed by atoms with van der Waals surface area (Å²) in [7, 11) is -2.59. The van der Waals surface area contributed by atoms with Crippen molar-refractivity contribution in [1.29, 1.82) is 0 Å². The smallest absolute Gasteiger partial charge is 0.349 e. The molecule has 0 aromatic carbocycles. The van der Waals surface area contributed by atoms with Crippen LogP contribution in [0, 0.1) is 0 Å². The molecule has 1 saturated heterocycles. The fourth-order valence-electron chi connectivity index (χ4n) is 0.932. The molecule has 6 nitrogen and oxygen atoms in total. The van der Waals surface area contributed by atoms with Crippen molar-refractivity contribution in [3.05, 3.63) is 0 Å². The van der Waals surface area contributed by atoms with Crippen LogP contribution in [0.25, 0.3) is 0 Å². The van der Waals surface area contributed by atoms with Gasteiger partial charge in [0.1, 0.15) is 0 Å². The van der Waals surface area contributed by atoms with Crippen LogP contribution in [0.1, 0.15) is 0 Å². The van der Waals surface area contributed by atoms with Crippen molar-refractivity contribution in [3.8, 4) is 0 Å². The number of likely N-dealkylation sites (N-methyl/N-ethyl adjacent to an activating group) is 1. The molecule has 1 fully saturated rings. The van der Waals surface area contributed by atoms with Crippen molar-refractivity contribution in [2.75, 3.05) is 26.7 Å². The van der Waals surface area contributed by atoms with Crippen LogP contribution in [0.5, 0.6) is 0 Å². The SMILES string of the molecule is CN1CCOC(OS(=O)(=O)O)C1. The topological polar surface area (TPSA) is 76.1 Å². The van der Waals surface area contributed by atoms with Gasteiger partial charge < -0.3 is 4.74 Å². The van der Waals surface area contributed by atoms with Crippen LogP contribution in [0.15, 0.2) is 0 Å². The summed E-state index contributed by atoms with van der Waals surface area (Å²) in [5, 5.41) is 0. The number of morpholine rings is 1. The molecule has 0 aliphatic carbocycles. The lowest BCUT2D eigenvalue weighted by molar-refractivity contribution is -0.126. The Morgan fingerprint density at radius 1 is 1.67 bits per heavy atom. The summed E-state index contributed by atoms with van der Waals surface area (Å²) in [5.41, 5.74) is 0. The van der Waals surface area contributed by atoms with Gasteiger partial charge in [0.2, 0.25) is 0 Å². The second-order valence-corrected chi connectivity index (χ2v) is 3.63. The summed E-state index contributed by atoms with van der Waals surface area (Å²) in [4.78, 5) is 1.85. The first-order valence-electron chi connectivity index (χ1n) is 3.43. The van der Waals surface area contributed by atoms with E-state index in [9.17, 15) is 8.42 Å². The summed E-state index contributed by atoms with van der Waals surface area (Å²) in [6.07, 6.45) is -0.890. The van der Waals surface area contributed by atoms with Crippen LogP contribution in [-0.4, -0.2) is 50.9 Å². The van der Waals surface area contributed by atoms with E-state index in [1.165, 1.54) is 0 Å². The highest BCUT2D eigenvalue weighted by Crippen LogP contribution is 2.06. The van der Waals surface area contributed by atoms with E-state index in [0.717, 1.165) is 6.54 Å². The number of rotatable bonds is 2. The monoisotopic (exact) mass is 197 g/mol. The van der Waals surface area contributed by atoms with E-state index in [1.807, 2.05) is 11.9 Å². The van der Waals surface area contributed by atoms with Crippen molar-refractivity contribution >= 4 is 10.4 Å². The molecule has 1 heterocycles. The maximum Gasteiger partial charge on any atom is 0.399 e. The van der Waals surface area contributed by atoms with Gasteiger partial charge in [-0.3, -0.25) is 9.45 Å². The average Bonchev–Trinajstić information content (AvgIpc) is 1.82. The molecule has 1 unspecified atom stereocenters. The maximum atomic E-state index is 10.2. The van der Waals surface area contributed by atoms with Crippen LogP contribution in [0.2, 0.25) is 0 Å². The lowest BCUT2D eigenvalue weighted by Crippen LogP contribution is -2.42. The molecule has 0 spiro atoms. The Balaban J connectivity index is 2.43. The van der Waals surface area contributed by atoms with Crippen LogP contribution < -0.4 is 0 Å². The first-order chi connectivity index (χ1) is 5.47. The number of nitrogens with zero attached hydrogens (tertiary/aromatic N) is 1. The van der Waals surface area contributed by atoms with Gasteiger partial charge in [-0.05, 0) is 7.05 Å². The Morgan fingerprint density at radius 3 is 2.83 bits per heavy atom. The molecule has 0 aromatic heterocycles. The van der Waals surface area contributed by atoms with Gasteiger partial charge in [-0.2, -0.15) is 8.42 Å². The van der Waals surface area contributed by atoms with Crippen LogP contribution in [0.4, 0.5) is 0 Å². The Hall–Kier alpha value is -0.210. The molecule has 1 aliphatic heterocycles. The number of ether oxygens (including phenoxy) is 1. The van der Waals surface area contributed by atoms with E-state index >= 15 is 0 Å². The van der Waals surface area contributed by atoms with E-state index in [2.05, 4.69) is 4.18 Å². The molecule has 72 valence electrons. The van der Waals surface area contributed by atoms with Gasteiger partial charge in [-0.1, -0.05) is 0 Å². The largest absolute Gasteiger partial charge is 0.399 e. The van der Waals surface area contributed by atoms with Crippen molar-refractivity contribution < 1.29 is 21.9 Å². The van der Waals surface area contributed by atoms with Gasteiger partial charge in [-0.25, -0.2) is 4.18 Å². The van der Waals surface area contributed by atoms with Gasteiger partial charge in [0.25, 0.3) is 0 Å². The van der Waals surface area contributed by atoms with Crippen molar-refractivity contribution in [1.82, 2.24) is 4.90 Å². The van der Waals surface area contributed by atoms with E-state index in [-0.39, 0.29) is 0 Å². The fraction of sp³-hybridized carbons (Fsp3) is 1.00. The molecule has 7 heteroatoms. The van der Waals surface area contributed by atoms with Gasteiger partial charge in [-0.15, -0.1) is 0 Å². The zero-order chi connectivity index (χ0) is 9.19. The van der Waals surface area contributed by atoms with Crippen LogP contribution in [0.3, 0.4) is 0 Å². The van der Waals surface area contributed by atoms with Crippen molar-refractivity contribution in [2.45, 2.75) is 6.29 Å². The van der Waals surface area contributed by atoms with Crippen molar-refractivity contribution in [2.24, 2.45) is 0 Å². The molecule has 0 saturated carbocycles. The van der Waals surface area contributed by atoms with Crippen LogP contribution >= 0.6 is 0 Å². The molecule has 0 aromatic rings. The van der Waals surface area contributed by atoms with E-state index in [0.29, 0.717) is 13.2 Å².